The first kappa shape index (κ1) is 21.8. The van der Waals surface area contributed by atoms with Crippen molar-refractivity contribution in [3.63, 3.8) is 0 Å². The van der Waals surface area contributed by atoms with Crippen LogP contribution in [0.3, 0.4) is 0 Å². The van der Waals surface area contributed by atoms with Gasteiger partial charge in [0.15, 0.2) is 9.80 Å². The van der Waals surface area contributed by atoms with E-state index in [-0.39, 0.29) is 12.4 Å². The third kappa shape index (κ3) is 3.94. The smallest absolute Gasteiger partial charge is 0.349 e. The standard InChI is InChI=1S/C18H19N5O7S/c1-3-19-17(27)21-11-6-4-10(5-7-11)9-23-15(24)13-14(22(2)18(23)28)20-8-12(16(25)26)31(13,29)30/h4-8,20H,3,9H2,1-2H3,(H,25,26)(H2,19,21,27). The summed E-state index contributed by atoms with van der Waals surface area (Å²) in [6, 6.07) is 5.84. The molecule has 3 rings (SSSR count). The summed E-state index contributed by atoms with van der Waals surface area (Å²) in [5.74, 6) is -2.04. The number of rotatable bonds is 5. The van der Waals surface area contributed by atoms with Crippen molar-refractivity contribution in [3.05, 3.63) is 61.8 Å². The van der Waals surface area contributed by atoms with Crippen LogP contribution in [-0.2, 0) is 28.2 Å². The molecule has 1 aliphatic rings. The Morgan fingerprint density at radius 1 is 1.16 bits per heavy atom. The topological polar surface area (TPSA) is 169 Å². The van der Waals surface area contributed by atoms with Crippen molar-refractivity contribution in [1.29, 1.82) is 0 Å². The molecule has 1 aliphatic heterocycles. The number of nitrogens with zero attached hydrogens (tertiary/aromatic N) is 2. The van der Waals surface area contributed by atoms with Gasteiger partial charge in [0.05, 0.1) is 6.54 Å². The van der Waals surface area contributed by atoms with Crippen LogP contribution in [0.2, 0.25) is 0 Å². The van der Waals surface area contributed by atoms with Gasteiger partial charge in [-0.05, 0) is 24.6 Å². The molecule has 12 nitrogen and oxygen atoms in total. The maximum atomic E-state index is 12.9. The van der Waals surface area contributed by atoms with Gasteiger partial charge in [-0.3, -0.25) is 13.9 Å². The number of carbonyl (C=O) groups excluding carboxylic acids is 1. The van der Waals surface area contributed by atoms with Crippen molar-refractivity contribution in [2.45, 2.75) is 18.4 Å². The number of benzene rings is 1. The number of carboxylic acids is 1. The molecule has 0 unspecified atom stereocenters. The van der Waals surface area contributed by atoms with E-state index in [4.69, 9.17) is 5.11 Å². The second kappa shape index (κ2) is 8.10. The van der Waals surface area contributed by atoms with Crippen LogP contribution in [0.15, 0.2) is 49.9 Å². The number of aromatic nitrogens is 2. The van der Waals surface area contributed by atoms with Crippen molar-refractivity contribution in [2.75, 3.05) is 17.2 Å². The molecule has 0 saturated carbocycles. The number of hydrogen-bond donors (Lipinski definition) is 4. The summed E-state index contributed by atoms with van der Waals surface area (Å²) in [5, 5.41) is 16.7. The Bertz CT molecular complexity index is 1320. The van der Waals surface area contributed by atoms with Gasteiger partial charge < -0.3 is 21.1 Å². The van der Waals surface area contributed by atoms with Crippen LogP contribution in [0.1, 0.15) is 12.5 Å². The van der Waals surface area contributed by atoms with Crippen molar-refractivity contribution in [3.8, 4) is 0 Å². The summed E-state index contributed by atoms with van der Waals surface area (Å²) < 4.78 is 27.0. The van der Waals surface area contributed by atoms with Gasteiger partial charge in [0.25, 0.3) is 5.56 Å². The number of amides is 2. The molecule has 0 fully saturated rings. The molecule has 0 bridgehead atoms. The summed E-state index contributed by atoms with van der Waals surface area (Å²) in [6.07, 6.45) is 0.726. The molecule has 0 saturated heterocycles. The minimum absolute atomic E-state index is 0.262. The van der Waals surface area contributed by atoms with E-state index in [1.54, 1.807) is 31.2 Å². The van der Waals surface area contributed by atoms with Crippen LogP contribution in [0, 0.1) is 0 Å². The first-order chi connectivity index (χ1) is 14.6. The lowest BCUT2D eigenvalue weighted by Crippen LogP contribution is -2.44. The average Bonchev–Trinajstić information content (AvgIpc) is 2.69. The van der Waals surface area contributed by atoms with Crippen molar-refractivity contribution < 1.29 is 23.1 Å². The molecule has 164 valence electrons. The Labute approximate surface area is 175 Å². The van der Waals surface area contributed by atoms with Gasteiger partial charge in [0, 0.05) is 25.5 Å². The minimum Gasteiger partial charge on any atom is -0.477 e. The monoisotopic (exact) mass is 449 g/mol. The number of carboxylic acid groups (broad SMARTS) is 1. The molecular weight excluding hydrogens is 430 g/mol. The Morgan fingerprint density at radius 2 is 1.81 bits per heavy atom. The number of hydrogen-bond acceptors (Lipinski definition) is 7. The molecule has 2 heterocycles. The molecule has 0 spiro atoms. The number of urea groups is 1. The van der Waals surface area contributed by atoms with Crippen LogP contribution in [0.4, 0.5) is 16.3 Å². The first-order valence-electron chi connectivity index (χ1n) is 9.00. The Hall–Kier alpha value is -3.87. The van der Waals surface area contributed by atoms with E-state index < -0.39 is 42.9 Å². The van der Waals surface area contributed by atoms with Crippen LogP contribution in [0.25, 0.3) is 0 Å². The van der Waals surface area contributed by atoms with Crippen LogP contribution >= 0.6 is 0 Å². The predicted molar refractivity (Wildman–Crippen MR) is 111 cm³/mol. The van der Waals surface area contributed by atoms with E-state index in [1.807, 2.05) is 0 Å². The molecule has 4 N–H and O–H groups in total. The highest BCUT2D eigenvalue weighted by Gasteiger charge is 2.37. The molecule has 0 aliphatic carbocycles. The van der Waals surface area contributed by atoms with Gasteiger partial charge in [-0.1, -0.05) is 12.1 Å². The first-order valence-corrected chi connectivity index (χ1v) is 10.5. The third-order valence-corrected chi connectivity index (χ3v) is 6.28. The number of carbonyl (C=O) groups is 2. The zero-order chi connectivity index (χ0) is 22.9. The van der Waals surface area contributed by atoms with E-state index in [9.17, 15) is 27.6 Å². The number of anilines is 2. The Morgan fingerprint density at radius 3 is 2.39 bits per heavy atom. The molecule has 2 aromatic rings. The van der Waals surface area contributed by atoms with Crippen molar-refractivity contribution in [2.24, 2.45) is 7.05 Å². The highest BCUT2D eigenvalue weighted by atomic mass is 32.2. The molecule has 31 heavy (non-hydrogen) atoms. The van der Waals surface area contributed by atoms with Crippen molar-refractivity contribution in [1.82, 2.24) is 14.5 Å². The second-order valence-corrected chi connectivity index (χ2v) is 8.41. The van der Waals surface area contributed by atoms with Crippen LogP contribution in [0.5, 0.6) is 0 Å². The minimum atomic E-state index is -4.64. The number of aliphatic carboxylic acids is 1. The lowest BCUT2D eigenvalue weighted by molar-refractivity contribution is -0.131. The molecular formula is C18H19N5O7S. The van der Waals surface area contributed by atoms with E-state index in [1.165, 1.54) is 7.05 Å². The highest BCUT2D eigenvalue weighted by molar-refractivity contribution is 7.96. The van der Waals surface area contributed by atoms with Gasteiger partial charge in [-0.25, -0.2) is 22.8 Å². The number of nitrogens with one attached hydrogen (secondary N) is 3. The Balaban J connectivity index is 2.02. The van der Waals surface area contributed by atoms with Gasteiger partial charge in [0.1, 0.15) is 5.82 Å². The zero-order valence-electron chi connectivity index (χ0n) is 16.5. The number of sulfone groups is 1. The maximum absolute atomic E-state index is 12.9. The summed E-state index contributed by atoms with van der Waals surface area (Å²) in [6.45, 7) is 1.96. The van der Waals surface area contributed by atoms with Crippen LogP contribution < -0.4 is 27.2 Å². The molecule has 1 aromatic carbocycles. The quantitative estimate of drug-likeness (QED) is 0.489. The summed E-state index contributed by atoms with van der Waals surface area (Å²) in [7, 11) is -3.38. The summed E-state index contributed by atoms with van der Waals surface area (Å²) in [4.78, 5) is 46.6. The fourth-order valence-electron chi connectivity index (χ4n) is 2.99. The molecule has 0 radical (unpaired) electrons. The van der Waals surface area contributed by atoms with Gasteiger partial charge in [-0.15, -0.1) is 0 Å². The zero-order valence-corrected chi connectivity index (χ0v) is 17.3. The predicted octanol–water partition coefficient (Wildman–Crippen LogP) is -0.138. The largest absolute Gasteiger partial charge is 0.477 e. The lowest BCUT2D eigenvalue weighted by Gasteiger charge is -2.20. The summed E-state index contributed by atoms with van der Waals surface area (Å²) >= 11 is 0. The van der Waals surface area contributed by atoms with Gasteiger partial charge >= 0.3 is 17.7 Å². The Kier molecular flexibility index (Phi) is 5.71. The molecule has 13 heteroatoms. The maximum Gasteiger partial charge on any atom is 0.349 e. The third-order valence-electron chi connectivity index (χ3n) is 4.51. The normalized spacial score (nSPS) is 14.1. The average molecular weight is 449 g/mol. The molecule has 0 atom stereocenters. The molecule has 1 aromatic heterocycles. The number of fused-ring (bicyclic) bond motifs is 1. The van der Waals surface area contributed by atoms with Gasteiger partial charge in [0.2, 0.25) is 9.84 Å². The highest BCUT2D eigenvalue weighted by Crippen LogP contribution is 2.27. The van der Waals surface area contributed by atoms with E-state index in [0.717, 1.165) is 10.8 Å². The lowest BCUT2D eigenvalue weighted by atomic mass is 10.2. The summed E-state index contributed by atoms with van der Waals surface area (Å²) in [5.41, 5.74) is -0.968. The van der Waals surface area contributed by atoms with Crippen LogP contribution in [-0.4, -0.2) is 41.2 Å². The van der Waals surface area contributed by atoms with E-state index in [0.29, 0.717) is 22.4 Å². The van der Waals surface area contributed by atoms with E-state index in [2.05, 4.69) is 16.0 Å². The fourth-order valence-corrected chi connectivity index (χ4v) is 4.45. The van der Waals surface area contributed by atoms with Crippen molar-refractivity contribution >= 4 is 33.3 Å². The SMILES string of the molecule is CCNC(=O)Nc1ccc(Cn2c(=O)c3c(n(C)c2=O)NC=C(C(=O)O)S3(=O)=O)cc1. The molecule has 2 amide bonds. The van der Waals surface area contributed by atoms with E-state index >= 15 is 0 Å². The van der Waals surface area contributed by atoms with Gasteiger partial charge in [-0.2, -0.15) is 0 Å². The second-order valence-electron chi connectivity index (χ2n) is 6.55. The fraction of sp³-hybridized carbons (Fsp3) is 0.222.